The van der Waals surface area contributed by atoms with E-state index in [0.29, 0.717) is 24.4 Å². The van der Waals surface area contributed by atoms with Gasteiger partial charge < -0.3 is 15.6 Å². The van der Waals surface area contributed by atoms with Crippen LogP contribution in [0.15, 0.2) is 16.8 Å². The summed E-state index contributed by atoms with van der Waals surface area (Å²) in [5.41, 5.74) is 9.03. The van der Waals surface area contributed by atoms with Crippen molar-refractivity contribution in [3.63, 3.8) is 0 Å². The second-order valence-electron chi connectivity index (χ2n) is 11.1. The molecule has 4 fully saturated rings. The maximum atomic E-state index is 12.2. The molecule has 4 saturated carbocycles. The molecule has 7 heteroatoms. The van der Waals surface area contributed by atoms with Crippen LogP contribution >= 0.6 is 0 Å². The molecule has 0 aromatic carbocycles. The molecule has 2 amide bonds. The number of fused-ring (bicyclic) bond motifs is 5. The molecule has 170 valence electrons. The highest BCUT2D eigenvalue weighted by Gasteiger charge is 2.67. The fourth-order valence-electron chi connectivity index (χ4n) is 8.45. The summed E-state index contributed by atoms with van der Waals surface area (Å²) in [5, 5.41) is 16.5. The van der Waals surface area contributed by atoms with E-state index in [1.165, 1.54) is 0 Å². The first-order chi connectivity index (χ1) is 14.7. The quantitative estimate of drug-likeness (QED) is 0.462. The van der Waals surface area contributed by atoms with Gasteiger partial charge in [0.15, 0.2) is 0 Å². The van der Waals surface area contributed by atoms with Crippen LogP contribution in [-0.2, 0) is 9.53 Å². The van der Waals surface area contributed by atoms with Crippen LogP contribution in [0, 0.1) is 34.5 Å². The van der Waals surface area contributed by atoms with Crippen molar-refractivity contribution in [2.75, 3.05) is 6.61 Å². The summed E-state index contributed by atoms with van der Waals surface area (Å²) >= 11 is 0. The molecule has 1 aliphatic heterocycles. The molecular formula is C24H35N3O4. The molecule has 0 saturated heterocycles. The minimum absolute atomic E-state index is 0.190. The second kappa shape index (κ2) is 7.06. The predicted octanol–water partition coefficient (Wildman–Crippen LogP) is 3.27. The number of aliphatic hydroxyl groups is 1. The number of carbonyl (C=O) groups excluding carboxylic acids is 2. The zero-order valence-corrected chi connectivity index (χ0v) is 18.7. The summed E-state index contributed by atoms with van der Waals surface area (Å²) < 4.78 is 5.22. The second-order valence-corrected chi connectivity index (χ2v) is 11.1. The van der Waals surface area contributed by atoms with Crippen LogP contribution in [0.3, 0.4) is 0 Å². The van der Waals surface area contributed by atoms with Gasteiger partial charge in [-0.2, -0.15) is 5.10 Å². The summed E-state index contributed by atoms with van der Waals surface area (Å²) in [6.45, 7) is 5.09. The Kier molecular flexibility index (Phi) is 4.78. The molecule has 0 radical (unpaired) electrons. The maximum Gasteiger partial charge on any atom is 0.332 e. The Morgan fingerprint density at radius 2 is 2.00 bits per heavy atom. The van der Waals surface area contributed by atoms with Gasteiger partial charge in [0.25, 0.3) is 0 Å². The monoisotopic (exact) mass is 429 g/mol. The maximum absolute atomic E-state index is 12.2. The Morgan fingerprint density at radius 3 is 2.71 bits per heavy atom. The lowest BCUT2D eigenvalue weighted by Gasteiger charge is -2.63. The van der Waals surface area contributed by atoms with Crippen molar-refractivity contribution >= 4 is 17.7 Å². The Bertz CT molecular complexity index is 869. The van der Waals surface area contributed by atoms with Gasteiger partial charge >= 0.3 is 12.0 Å². The van der Waals surface area contributed by atoms with E-state index in [0.717, 1.165) is 69.1 Å². The SMILES string of the molecule is C[C@]12CCC(=NNC(N)=O)C[C@@H]1CC[C@H]1[C@@H]2CC[C@]2(C)[C@@H](C3=CC(=O)OC3)CC[C@]12O. The number of cyclic esters (lactones) is 1. The Balaban J connectivity index is 1.39. The lowest BCUT2D eigenvalue weighted by Crippen LogP contribution is -2.62. The third-order valence-electron chi connectivity index (χ3n) is 10.1. The topological polar surface area (TPSA) is 114 Å². The minimum atomic E-state index is -0.678. The molecule has 1 heterocycles. The summed E-state index contributed by atoms with van der Waals surface area (Å²) in [4.78, 5) is 22.7. The van der Waals surface area contributed by atoms with Crippen LogP contribution in [0.4, 0.5) is 4.79 Å². The van der Waals surface area contributed by atoms with Crippen molar-refractivity contribution in [3.05, 3.63) is 11.6 Å². The largest absolute Gasteiger partial charge is 0.458 e. The molecule has 7 nitrogen and oxygen atoms in total. The summed E-state index contributed by atoms with van der Waals surface area (Å²) in [5.74, 6) is 1.34. The first-order valence-electron chi connectivity index (χ1n) is 11.9. The number of hydrogen-bond donors (Lipinski definition) is 3. The zero-order valence-electron chi connectivity index (χ0n) is 18.7. The Labute approximate surface area is 183 Å². The van der Waals surface area contributed by atoms with Gasteiger partial charge in [-0.05, 0) is 92.4 Å². The molecule has 4 N–H and O–H groups in total. The van der Waals surface area contributed by atoms with Gasteiger partial charge in [-0.3, -0.25) is 0 Å². The van der Waals surface area contributed by atoms with Crippen molar-refractivity contribution < 1.29 is 19.4 Å². The molecule has 5 rings (SSSR count). The van der Waals surface area contributed by atoms with Crippen LogP contribution in [0.1, 0.15) is 71.6 Å². The van der Waals surface area contributed by atoms with E-state index >= 15 is 0 Å². The van der Waals surface area contributed by atoms with Gasteiger partial charge in [-0.25, -0.2) is 15.0 Å². The van der Waals surface area contributed by atoms with Crippen molar-refractivity contribution in [1.82, 2.24) is 5.43 Å². The van der Waals surface area contributed by atoms with Crippen LogP contribution < -0.4 is 11.2 Å². The smallest absolute Gasteiger partial charge is 0.332 e. The Hall–Kier alpha value is -1.89. The highest BCUT2D eigenvalue weighted by molar-refractivity contribution is 5.87. The molecule has 4 aliphatic carbocycles. The number of nitrogens with two attached hydrogens (primary N) is 1. The number of urea groups is 1. The van der Waals surface area contributed by atoms with Crippen LogP contribution in [0.25, 0.3) is 0 Å². The van der Waals surface area contributed by atoms with Crippen LogP contribution in [-0.4, -0.2) is 35.0 Å². The van der Waals surface area contributed by atoms with Crippen molar-refractivity contribution in [3.8, 4) is 0 Å². The lowest BCUT2D eigenvalue weighted by molar-refractivity contribution is -0.200. The number of amides is 2. The van der Waals surface area contributed by atoms with Gasteiger partial charge in [-0.1, -0.05) is 13.8 Å². The molecule has 0 spiro atoms. The number of nitrogens with one attached hydrogen (secondary N) is 1. The van der Waals surface area contributed by atoms with Gasteiger partial charge in [0.2, 0.25) is 0 Å². The van der Waals surface area contributed by atoms with Crippen molar-refractivity contribution in [2.45, 2.75) is 77.2 Å². The molecule has 7 atom stereocenters. The molecule has 31 heavy (non-hydrogen) atoms. The van der Waals surface area contributed by atoms with Gasteiger partial charge in [0, 0.05) is 17.2 Å². The van der Waals surface area contributed by atoms with Crippen LogP contribution in [0.2, 0.25) is 0 Å². The molecule has 0 aromatic rings. The van der Waals surface area contributed by atoms with E-state index < -0.39 is 11.6 Å². The number of ether oxygens (including phenoxy) is 1. The number of nitrogens with zero attached hydrogens (tertiary/aromatic N) is 1. The molecular weight excluding hydrogens is 394 g/mol. The average molecular weight is 430 g/mol. The van der Waals surface area contributed by atoms with Gasteiger partial charge in [0.05, 0.1) is 5.60 Å². The van der Waals surface area contributed by atoms with Gasteiger partial charge in [0.1, 0.15) is 6.61 Å². The number of carbonyl (C=O) groups is 2. The summed E-state index contributed by atoms with van der Waals surface area (Å²) in [7, 11) is 0. The van der Waals surface area contributed by atoms with E-state index in [4.69, 9.17) is 10.5 Å². The number of rotatable bonds is 2. The number of primary amides is 1. The van der Waals surface area contributed by atoms with Gasteiger partial charge in [-0.15, -0.1) is 0 Å². The first kappa shape index (κ1) is 21.0. The van der Waals surface area contributed by atoms with E-state index in [2.05, 4.69) is 24.4 Å². The van der Waals surface area contributed by atoms with Crippen LogP contribution in [0.5, 0.6) is 0 Å². The van der Waals surface area contributed by atoms with E-state index in [1.807, 2.05) is 0 Å². The summed E-state index contributed by atoms with van der Waals surface area (Å²) in [6.07, 6.45) is 10.5. The highest BCUT2D eigenvalue weighted by atomic mass is 16.5. The number of esters is 1. The number of hydrazone groups is 1. The normalized spacial score (nSPS) is 47.8. The Morgan fingerprint density at radius 1 is 1.19 bits per heavy atom. The summed E-state index contributed by atoms with van der Waals surface area (Å²) in [6, 6.07) is -0.612. The fourth-order valence-corrected chi connectivity index (χ4v) is 8.45. The molecule has 0 unspecified atom stereocenters. The number of hydrogen-bond acceptors (Lipinski definition) is 5. The highest BCUT2D eigenvalue weighted by Crippen LogP contribution is 2.69. The molecule has 0 bridgehead atoms. The van der Waals surface area contributed by atoms with E-state index in [-0.39, 0.29) is 22.7 Å². The molecule has 5 aliphatic rings. The predicted molar refractivity (Wildman–Crippen MR) is 116 cm³/mol. The van der Waals surface area contributed by atoms with Crippen molar-refractivity contribution in [2.24, 2.45) is 45.3 Å². The minimum Gasteiger partial charge on any atom is -0.458 e. The standard InChI is InChI=1S/C24H35N3O4/c1-22-8-5-16(26-27-21(25)29)12-15(22)3-4-19-18(22)6-9-23(2)17(7-10-24(19,23)30)14-11-20(28)31-13-14/h11,15,17-19,30H,3-10,12-13H2,1-2H3,(H3,25,27,29)/t15-,17+,18-,19-,22-,23+,24-/m0/s1. The fraction of sp³-hybridized carbons (Fsp3) is 0.792. The van der Waals surface area contributed by atoms with Crippen molar-refractivity contribution in [1.29, 1.82) is 0 Å². The zero-order chi connectivity index (χ0) is 22.0. The third kappa shape index (κ3) is 2.99. The lowest BCUT2D eigenvalue weighted by atomic mass is 9.43. The third-order valence-corrected chi connectivity index (χ3v) is 10.1. The first-order valence-corrected chi connectivity index (χ1v) is 11.9. The average Bonchev–Trinajstić information content (AvgIpc) is 3.26. The van der Waals surface area contributed by atoms with E-state index in [1.54, 1.807) is 6.08 Å². The molecule has 0 aromatic heterocycles. The van der Waals surface area contributed by atoms with E-state index in [9.17, 15) is 14.7 Å².